The standard InChI is InChI=1S/C17H22O5/c1-2-3-4-5-6-7-12-8-11-9-14(18)15(17(20)21)16(19)13(11)10-22-12/h9-10,12,19H,2-8H2,1H3,(H,20,21)/t12-/m1/s1. The Kier molecular flexibility index (Phi) is 5.41. The van der Waals surface area contributed by atoms with Gasteiger partial charge in [-0.05, 0) is 24.5 Å². The number of hydrogen-bond donors (Lipinski definition) is 2. The van der Waals surface area contributed by atoms with Crippen LogP contribution in [-0.4, -0.2) is 28.1 Å². The number of aliphatic hydroxyl groups excluding tert-OH is 1. The highest BCUT2D eigenvalue weighted by atomic mass is 16.5. The molecule has 2 rings (SSSR count). The molecule has 1 heterocycles. The minimum atomic E-state index is -1.42. The highest BCUT2D eigenvalue weighted by Crippen LogP contribution is 2.34. The van der Waals surface area contributed by atoms with Crippen LogP contribution in [0.3, 0.4) is 0 Å². The van der Waals surface area contributed by atoms with Crippen molar-refractivity contribution in [2.45, 2.75) is 58.0 Å². The summed E-state index contributed by atoms with van der Waals surface area (Å²) < 4.78 is 5.59. The van der Waals surface area contributed by atoms with E-state index in [1.165, 1.54) is 31.6 Å². The summed E-state index contributed by atoms with van der Waals surface area (Å²) in [6.07, 6.45) is 10.0. The molecule has 1 atom stereocenters. The van der Waals surface area contributed by atoms with Gasteiger partial charge in [0.25, 0.3) is 0 Å². The number of aliphatic hydroxyl groups is 1. The number of ketones is 1. The van der Waals surface area contributed by atoms with Gasteiger partial charge >= 0.3 is 5.97 Å². The van der Waals surface area contributed by atoms with E-state index in [2.05, 4.69) is 6.92 Å². The van der Waals surface area contributed by atoms with E-state index in [1.807, 2.05) is 0 Å². The van der Waals surface area contributed by atoms with Gasteiger partial charge in [0, 0.05) is 6.42 Å². The van der Waals surface area contributed by atoms with Crippen LogP contribution in [0.4, 0.5) is 0 Å². The average Bonchev–Trinajstić information content (AvgIpc) is 2.46. The third kappa shape index (κ3) is 3.59. The fourth-order valence-corrected chi connectivity index (χ4v) is 2.82. The topological polar surface area (TPSA) is 83.8 Å². The van der Waals surface area contributed by atoms with E-state index in [-0.39, 0.29) is 6.10 Å². The van der Waals surface area contributed by atoms with Crippen molar-refractivity contribution in [3.05, 3.63) is 34.8 Å². The van der Waals surface area contributed by atoms with Crippen molar-refractivity contribution in [3.63, 3.8) is 0 Å². The van der Waals surface area contributed by atoms with Crippen molar-refractivity contribution in [1.82, 2.24) is 0 Å². The first-order valence-electron chi connectivity index (χ1n) is 7.82. The lowest BCUT2D eigenvalue weighted by atomic mass is 9.87. The van der Waals surface area contributed by atoms with E-state index in [0.717, 1.165) is 19.3 Å². The maximum absolute atomic E-state index is 11.8. The molecule has 0 fully saturated rings. The lowest BCUT2D eigenvalue weighted by Crippen LogP contribution is -2.24. The Labute approximate surface area is 130 Å². The quantitative estimate of drug-likeness (QED) is 0.556. The molecular weight excluding hydrogens is 284 g/mol. The molecule has 0 saturated heterocycles. The molecule has 1 aliphatic heterocycles. The first-order chi connectivity index (χ1) is 10.5. The number of unbranched alkanes of at least 4 members (excludes halogenated alkanes) is 4. The van der Waals surface area contributed by atoms with Crippen LogP contribution in [0.1, 0.15) is 51.9 Å². The molecule has 0 saturated carbocycles. The average molecular weight is 306 g/mol. The van der Waals surface area contributed by atoms with Crippen LogP contribution in [0.15, 0.2) is 34.8 Å². The molecule has 22 heavy (non-hydrogen) atoms. The Hall–Kier alpha value is -2.04. The number of rotatable bonds is 7. The maximum Gasteiger partial charge on any atom is 0.343 e. The molecule has 0 spiro atoms. The van der Waals surface area contributed by atoms with Crippen molar-refractivity contribution >= 4 is 11.8 Å². The van der Waals surface area contributed by atoms with Gasteiger partial charge in [0.2, 0.25) is 0 Å². The van der Waals surface area contributed by atoms with Crippen molar-refractivity contribution < 1.29 is 24.5 Å². The number of carbonyl (C=O) groups excluding carboxylic acids is 1. The molecular formula is C17H22O5. The monoisotopic (exact) mass is 306 g/mol. The Bertz CT molecular complexity index is 553. The fourth-order valence-electron chi connectivity index (χ4n) is 2.82. The molecule has 0 unspecified atom stereocenters. The molecule has 0 aromatic carbocycles. The Balaban J connectivity index is 1.99. The van der Waals surface area contributed by atoms with Crippen LogP contribution in [-0.2, 0) is 14.3 Å². The summed E-state index contributed by atoms with van der Waals surface area (Å²) in [5, 5.41) is 18.9. The van der Waals surface area contributed by atoms with Gasteiger partial charge in [0.15, 0.2) is 5.78 Å². The molecule has 120 valence electrons. The van der Waals surface area contributed by atoms with Crippen LogP contribution in [0.5, 0.6) is 0 Å². The summed E-state index contributed by atoms with van der Waals surface area (Å²) in [5.74, 6) is -2.56. The zero-order valence-corrected chi connectivity index (χ0v) is 12.8. The van der Waals surface area contributed by atoms with E-state index < -0.39 is 23.1 Å². The first-order valence-corrected chi connectivity index (χ1v) is 7.82. The van der Waals surface area contributed by atoms with Crippen molar-refractivity contribution in [2.24, 2.45) is 0 Å². The second-order valence-corrected chi connectivity index (χ2v) is 5.76. The molecule has 0 amide bonds. The number of ether oxygens (including phenoxy) is 1. The van der Waals surface area contributed by atoms with Gasteiger partial charge in [-0.15, -0.1) is 0 Å². The normalized spacial score (nSPS) is 21.0. The minimum Gasteiger partial charge on any atom is -0.506 e. The Morgan fingerprint density at radius 1 is 1.32 bits per heavy atom. The highest BCUT2D eigenvalue weighted by molar-refractivity contribution is 6.23. The molecule has 0 bridgehead atoms. The van der Waals surface area contributed by atoms with Gasteiger partial charge in [0.05, 0.1) is 11.8 Å². The Morgan fingerprint density at radius 3 is 2.73 bits per heavy atom. The lowest BCUT2D eigenvalue weighted by Gasteiger charge is -2.27. The summed E-state index contributed by atoms with van der Waals surface area (Å²) >= 11 is 0. The largest absolute Gasteiger partial charge is 0.506 e. The summed E-state index contributed by atoms with van der Waals surface area (Å²) in [4.78, 5) is 22.8. The fraction of sp³-hybridized carbons (Fsp3) is 0.529. The molecule has 5 nitrogen and oxygen atoms in total. The predicted octanol–water partition coefficient (Wildman–Crippen LogP) is 3.43. The van der Waals surface area contributed by atoms with Crippen LogP contribution < -0.4 is 0 Å². The van der Waals surface area contributed by atoms with Crippen LogP contribution >= 0.6 is 0 Å². The number of allylic oxidation sites excluding steroid dienone is 2. The summed E-state index contributed by atoms with van der Waals surface area (Å²) in [5.41, 5.74) is 0.396. The minimum absolute atomic E-state index is 0.0106. The second kappa shape index (κ2) is 7.29. The van der Waals surface area contributed by atoms with Crippen LogP contribution in [0, 0.1) is 0 Å². The summed E-state index contributed by atoms with van der Waals surface area (Å²) in [7, 11) is 0. The van der Waals surface area contributed by atoms with Crippen molar-refractivity contribution in [1.29, 1.82) is 0 Å². The molecule has 0 aromatic rings. The number of carbonyl (C=O) groups is 2. The van der Waals surface area contributed by atoms with Gasteiger partial charge in [-0.2, -0.15) is 0 Å². The third-order valence-corrected chi connectivity index (χ3v) is 4.06. The first kappa shape index (κ1) is 16.3. The molecule has 0 aromatic heterocycles. The molecule has 5 heteroatoms. The SMILES string of the molecule is CCCCCCC[C@@H]1CC2=CC(=O)C(C(=O)O)=C(O)C2=CO1. The van der Waals surface area contributed by atoms with E-state index >= 15 is 0 Å². The zero-order valence-electron chi connectivity index (χ0n) is 12.8. The van der Waals surface area contributed by atoms with Gasteiger partial charge in [-0.25, -0.2) is 4.79 Å². The molecule has 2 N–H and O–H groups in total. The lowest BCUT2D eigenvalue weighted by molar-refractivity contribution is -0.134. The van der Waals surface area contributed by atoms with Crippen molar-refractivity contribution in [2.75, 3.05) is 0 Å². The van der Waals surface area contributed by atoms with Gasteiger partial charge in [-0.3, -0.25) is 4.79 Å². The van der Waals surface area contributed by atoms with Gasteiger partial charge in [-0.1, -0.05) is 32.6 Å². The predicted molar refractivity (Wildman–Crippen MR) is 81.3 cm³/mol. The number of fused-ring (bicyclic) bond motifs is 1. The van der Waals surface area contributed by atoms with Crippen LogP contribution in [0.2, 0.25) is 0 Å². The smallest absolute Gasteiger partial charge is 0.343 e. The van der Waals surface area contributed by atoms with Crippen LogP contribution in [0.25, 0.3) is 0 Å². The van der Waals surface area contributed by atoms with E-state index in [9.17, 15) is 14.7 Å². The number of hydrogen-bond acceptors (Lipinski definition) is 4. The number of carboxylic acids is 1. The molecule has 1 aliphatic carbocycles. The second-order valence-electron chi connectivity index (χ2n) is 5.76. The highest BCUT2D eigenvalue weighted by Gasteiger charge is 2.33. The Morgan fingerprint density at radius 2 is 2.05 bits per heavy atom. The van der Waals surface area contributed by atoms with E-state index in [1.54, 1.807) is 0 Å². The summed E-state index contributed by atoms with van der Waals surface area (Å²) in [6.45, 7) is 2.18. The zero-order chi connectivity index (χ0) is 16.1. The van der Waals surface area contributed by atoms with Crippen molar-refractivity contribution in [3.8, 4) is 0 Å². The van der Waals surface area contributed by atoms with E-state index in [4.69, 9.17) is 9.84 Å². The van der Waals surface area contributed by atoms with Gasteiger partial charge in [0.1, 0.15) is 17.4 Å². The summed E-state index contributed by atoms with van der Waals surface area (Å²) in [6, 6.07) is 0. The number of aliphatic carboxylic acids is 1. The van der Waals surface area contributed by atoms with Gasteiger partial charge < -0.3 is 14.9 Å². The van der Waals surface area contributed by atoms with E-state index in [0.29, 0.717) is 17.6 Å². The number of carboxylic acid groups (broad SMARTS) is 1. The molecule has 2 aliphatic rings. The molecule has 0 radical (unpaired) electrons. The maximum atomic E-state index is 11.8. The third-order valence-electron chi connectivity index (χ3n) is 4.06.